The Bertz CT molecular complexity index is 608. The number of aromatic amines is 1. The van der Waals surface area contributed by atoms with Crippen molar-refractivity contribution >= 4 is 0 Å². The molecular formula is C12H11FN2O2. The van der Waals surface area contributed by atoms with Gasteiger partial charge in [-0.05, 0) is 25.1 Å². The summed E-state index contributed by atoms with van der Waals surface area (Å²) in [7, 11) is 1.48. The van der Waals surface area contributed by atoms with Crippen molar-refractivity contribution in [3.05, 3.63) is 46.3 Å². The van der Waals surface area contributed by atoms with E-state index in [-0.39, 0.29) is 5.56 Å². The molecule has 0 unspecified atom stereocenters. The number of methoxy groups -OCH3 is 1. The van der Waals surface area contributed by atoms with Gasteiger partial charge in [-0.1, -0.05) is 0 Å². The number of aryl methyl sites for hydroxylation is 1. The van der Waals surface area contributed by atoms with E-state index in [0.29, 0.717) is 22.8 Å². The van der Waals surface area contributed by atoms with Crippen LogP contribution >= 0.6 is 0 Å². The standard InChI is InChI=1S/C12H11FN2O2/c1-7-14-10(6-12(16)15-7)9-5-8(13)3-4-11(9)17-2/h3-6H,1-2H3,(H,14,15,16). The molecule has 1 N–H and O–H groups in total. The maximum absolute atomic E-state index is 13.2. The molecule has 1 aromatic carbocycles. The molecule has 0 spiro atoms. The summed E-state index contributed by atoms with van der Waals surface area (Å²) in [6.07, 6.45) is 0. The Morgan fingerprint density at radius 2 is 2.12 bits per heavy atom. The number of aromatic nitrogens is 2. The van der Waals surface area contributed by atoms with E-state index in [4.69, 9.17) is 4.74 Å². The summed E-state index contributed by atoms with van der Waals surface area (Å²) in [4.78, 5) is 18.0. The number of hydrogen-bond donors (Lipinski definition) is 1. The van der Waals surface area contributed by atoms with E-state index in [1.165, 1.54) is 31.4 Å². The zero-order valence-electron chi connectivity index (χ0n) is 9.45. The zero-order valence-corrected chi connectivity index (χ0v) is 9.45. The molecule has 0 atom stereocenters. The topological polar surface area (TPSA) is 55.0 Å². The first-order valence-corrected chi connectivity index (χ1v) is 5.02. The lowest BCUT2D eigenvalue weighted by Crippen LogP contribution is -2.08. The Morgan fingerprint density at radius 3 is 2.76 bits per heavy atom. The fourth-order valence-corrected chi connectivity index (χ4v) is 1.60. The lowest BCUT2D eigenvalue weighted by molar-refractivity contribution is 0.415. The molecule has 88 valence electrons. The Hall–Kier alpha value is -2.17. The van der Waals surface area contributed by atoms with Crippen molar-refractivity contribution in [2.24, 2.45) is 0 Å². The number of benzene rings is 1. The number of H-pyrrole nitrogens is 1. The van der Waals surface area contributed by atoms with E-state index >= 15 is 0 Å². The number of ether oxygens (including phenoxy) is 1. The van der Waals surface area contributed by atoms with E-state index in [2.05, 4.69) is 9.97 Å². The van der Waals surface area contributed by atoms with Gasteiger partial charge in [-0.3, -0.25) is 4.79 Å². The third-order valence-corrected chi connectivity index (χ3v) is 2.30. The van der Waals surface area contributed by atoms with Crippen LogP contribution in [0.3, 0.4) is 0 Å². The summed E-state index contributed by atoms with van der Waals surface area (Å²) in [5, 5.41) is 0. The highest BCUT2D eigenvalue weighted by molar-refractivity contribution is 5.66. The van der Waals surface area contributed by atoms with E-state index in [1.54, 1.807) is 6.92 Å². The number of rotatable bonds is 2. The molecule has 0 fully saturated rings. The highest BCUT2D eigenvalue weighted by Gasteiger charge is 2.09. The van der Waals surface area contributed by atoms with Gasteiger partial charge in [0, 0.05) is 11.6 Å². The molecule has 0 bridgehead atoms. The summed E-state index contributed by atoms with van der Waals surface area (Å²) in [6, 6.07) is 5.40. The minimum atomic E-state index is -0.402. The minimum Gasteiger partial charge on any atom is -0.496 e. The van der Waals surface area contributed by atoms with Gasteiger partial charge in [-0.15, -0.1) is 0 Å². The van der Waals surface area contributed by atoms with Crippen LogP contribution in [-0.4, -0.2) is 17.1 Å². The Morgan fingerprint density at radius 1 is 1.35 bits per heavy atom. The molecule has 17 heavy (non-hydrogen) atoms. The number of hydrogen-bond acceptors (Lipinski definition) is 3. The van der Waals surface area contributed by atoms with E-state index in [1.807, 2.05) is 0 Å². The second kappa shape index (κ2) is 4.37. The highest BCUT2D eigenvalue weighted by atomic mass is 19.1. The first-order valence-electron chi connectivity index (χ1n) is 5.02. The minimum absolute atomic E-state index is 0.279. The lowest BCUT2D eigenvalue weighted by atomic mass is 10.1. The van der Waals surface area contributed by atoms with Crippen molar-refractivity contribution in [2.45, 2.75) is 6.92 Å². The first kappa shape index (κ1) is 11.3. The van der Waals surface area contributed by atoms with Gasteiger partial charge in [0.05, 0.1) is 12.8 Å². The van der Waals surface area contributed by atoms with Gasteiger partial charge in [0.15, 0.2) is 0 Å². The average Bonchev–Trinajstić information content (AvgIpc) is 2.27. The van der Waals surface area contributed by atoms with Gasteiger partial charge < -0.3 is 9.72 Å². The largest absolute Gasteiger partial charge is 0.496 e. The van der Waals surface area contributed by atoms with Crippen LogP contribution in [0, 0.1) is 12.7 Å². The number of nitrogens with one attached hydrogen (secondary N) is 1. The van der Waals surface area contributed by atoms with Crippen molar-refractivity contribution in [3.8, 4) is 17.0 Å². The van der Waals surface area contributed by atoms with Gasteiger partial charge in [0.1, 0.15) is 17.4 Å². The van der Waals surface area contributed by atoms with Crippen LogP contribution in [-0.2, 0) is 0 Å². The van der Waals surface area contributed by atoms with Crippen LogP contribution in [0.15, 0.2) is 29.1 Å². The van der Waals surface area contributed by atoms with Crippen LogP contribution < -0.4 is 10.3 Å². The lowest BCUT2D eigenvalue weighted by Gasteiger charge is -2.08. The molecule has 1 heterocycles. The summed E-state index contributed by atoms with van der Waals surface area (Å²) < 4.78 is 18.3. The number of nitrogens with zero attached hydrogens (tertiary/aromatic N) is 1. The molecule has 0 saturated carbocycles. The van der Waals surface area contributed by atoms with Crippen LogP contribution in [0.4, 0.5) is 4.39 Å². The summed E-state index contributed by atoms with van der Waals surface area (Å²) in [5.41, 5.74) is 0.572. The second-order valence-corrected chi connectivity index (χ2v) is 3.56. The SMILES string of the molecule is COc1ccc(F)cc1-c1cc(=O)[nH]c(C)n1. The molecule has 5 heteroatoms. The Balaban J connectivity index is 2.66. The zero-order chi connectivity index (χ0) is 12.4. The quantitative estimate of drug-likeness (QED) is 0.863. The fourth-order valence-electron chi connectivity index (χ4n) is 1.60. The molecule has 0 aliphatic heterocycles. The summed E-state index contributed by atoms with van der Waals surface area (Å²) in [5.74, 6) is 0.545. The summed E-state index contributed by atoms with van der Waals surface area (Å²) >= 11 is 0. The molecule has 2 rings (SSSR count). The Kier molecular flexibility index (Phi) is 2.91. The van der Waals surface area contributed by atoms with Gasteiger partial charge >= 0.3 is 0 Å². The third kappa shape index (κ3) is 2.33. The maximum Gasteiger partial charge on any atom is 0.251 e. The van der Waals surface area contributed by atoms with Crippen LogP contribution in [0.2, 0.25) is 0 Å². The van der Waals surface area contributed by atoms with Gasteiger partial charge in [-0.25, -0.2) is 9.37 Å². The third-order valence-electron chi connectivity index (χ3n) is 2.30. The van der Waals surface area contributed by atoms with Gasteiger partial charge in [-0.2, -0.15) is 0 Å². The predicted molar refractivity (Wildman–Crippen MR) is 61.5 cm³/mol. The number of halogens is 1. The molecule has 1 aromatic heterocycles. The molecule has 0 aliphatic carbocycles. The highest BCUT2D eigenvalue weighted by Crippen LogP contribution is 2.28. The first-order chi connectivity index (χ1) is 8.10. The predicted octanol–water partition coefficient (Wildman–Crippen LogP) is 1.89. The molecule has 0 amide bonds. The van der Waals surface area contributed by atoms with E-state index in [9.17, 15) is 9.18 Å². The molecule has 0 radical (unpaired) electrons. The van der Waals surface area contributed by atoms with Crippen molar-refractivity contribution in [2.75, 3.05) is 7.11 Å². The van der Waals surface area contributed by atoms with Gasteiger partial charge in [0.25, 0.3) is 5.56 Å². The second-order valence-electron chi connectivity index (χ2n) is 3.56. The average molecular weight is 234 g/mol. The van der Waals surface area contributed by atoms with Crippen LogP contribution in [0.1, 0.15) is 5.82 Å². The van der Waals surface area contributed by atoms with E-state index < -0.39 is 5.82 Å². The molecule has 0 saturated heterocycles. The Labute approximate surface area is 97.1 Å². The van der Waals surface area contributed by atoms with Crippen molar-refractivity contribution < 1.29 is 9.13 Å². The molecule has 4 nitrogen and oxygen atoms in total. The van der Waals surface area contributed by atoms with Crippen molar-refractivity contribution in [1.29, 1.82) is 0 Å². The van der Waals surface area contributed by atoms with Crippen LogP contribution in [0.5, 0.6) is 5.75 Å². The molecular weight excluding hydrogens is 223 g/mol. The van der Waals surface area contributed by atoms with Crippen molar-refractivity contribution in [3.63, 3.8) is 0 Å². The summed E-state index contributed by atoms with van der Waals surface area (Å²) in [6.45, 7) is 1.66. The smallest absolute Gasteiger partial charge is 0.251 e. The van der Waals surface area contributed by atoms with Gasteiger partial charge in [0.2, 0.25) is 0 Å². The van der Waals surface area contributed by atoms with Crippen molar-refractivity contribution in [1.82, 2.24) is 9.97 Å². The maximum atomic E-state index is 13.2. The monoisotopic (exact) mass is 234 g/mol. The molecule has 2 aromatic rings. The van der Waals surface area contributed by atoms with Crippen LogP contribution in [0.25, 0.3) is 11.3 Å². The molecule has 0 aliphatic rings. The normalized spacial score (nSPS) is 10.3. The fraction of sp³-hybridized carbons (Fsp3) is 0.167. The van der Waals surface area contributed by atoms with E-state index in [0.717, 1.165) is 0 Å².